The zero-order valence-corrected chi connectivity index (χ0v) is 16.6. The number of anilines is 1. The summed E-state index contributed by atoms with van der Waals surface area (Å²) in [5.41, 5.74) is 5.11. The van der Waals surface area contributed by atoms with Gasteiger partial charge in [-0.25, -0.2) is 0 Å². The van der Waals surface area contributed by atoms with E-state index in [1.807, 2.05) is 0 Å². The van der Waals surface area contributed by atoms with Crippen molar-refractivity contribution in [2.45, 2.75) is 13.3 Å². The lowest BCUT2D eigenvalue weighted by Crippen LogP contribution is -3.00. The Bertz CT molecular complexity index is 760. The summed E-state index contributed by atoms with van der Waals surface area (Å²) in [5.74, 6) is 0. The van der Waals surface area contributed by atoms with Crippen molar-refractivity contribution < 1.29 is 27.9 Å². The molecule has 1 aliphatic heterocycles. The number of rotatable bonds is 4. The average Bonchev–Trinajstić information content (AvgIpc) is 2.99. The zero-order chi connectivity index (χ0) is 15.5. The van der Waals surface area contributed by atoms with Gasteiger partial charge in [0.2, 0.25) is 5.69 Å². The van der Waals surface area contributed by atoms with Gasteiger partial charge in [0.15, 0.2) is 6.20 Å². The van der Waals surface area contributed by atoms with Crippen LogP contribution in [0.2, 0.25) is 0 Å². The second-order valence-electron chi connectivity index (χ2n) is 5.55. The summed E-state index contributed by atoms with van der Waals surface area (Å²) in [6.07, 6.45) is 5.37. The molecule has 2 aliphatic rings. The number of fused-ring (bicyclic) bond motifs is 1. The second-order valence-corrected chi connectivity index (χ2v) is 6.57. The fourth-order valence-electron chi connectivity index (χ4n) is 2.45. The lowest BCUT2D eigenvalue weighted by atomic mass is 10.2. The molecule has 4 heteroatoms. The van der Waals surface area contributed by atoms with Crippen LogP contribution in [-0.4, -0.2) is 14.1 Å². The normalized spacial score (nSPS) is 10.9. The first-order valence-electron chi connectivity index (χ1n) is 7.56. The monoisotopic (exact) mass is 436 g/mol. The molecule has 0 bridgehead atoms. The molecule has 0 amide bonds. The summed E-state index contributed by atoms with van der Waals surface area (Å²) in [5, 5.41) is 0. The van der Waals surface area contributed by atoms with Crippen LogP contribution in [0.5, 0.6) is 0 Å². The Balaban J connectivity index is 0.00000192. The van der Waals surface area contributed by atoms with Crippen molar-refractivity contribution in [2.75, 3.05) is 19.0 Å². The fraction of sp³-hybridized carbons (Fsp3) is 0.211. The largest absolute Gasteiger partial charge is 1.00 e. The molecule has 0 atom stereocenters. The van der Waals surface area contributed by atoms with Crippen LogP contribution in [0.3, 0.4) is 0 Å². The topological polar surface area (TPSA) is 7.12 Å². The van der Waals surface area contributed by atoms with Crippen LogP contribution in [0.25, 0.3) is 22.7 Å². The van der Waals surface area contributed by atoms with Crippen molar-refractivity contribution in [3.63, 3.8) is 0 Å². The van der Waals surface area contributed by atoms with Crippen molar-refractivity contribution >= 4 is 29.5 Å². The number of nitrogens with zero attached hydrogens (tertiary/aromatic N) is 2. The van der Waals surface area contributed by atoms with Gasteiger partial charge in [-0.1, -0.05) is 31.2 Å². The highest BCUT2D eigenvalue weighted by atomic mass is 127. The van der Waals surface area contributed by atoms with Crippen molar-refractivity contribution in [2.24, 2.45) is 0 Å². The van der Waals surface area contributed by atoms with Gasteiger partial charge in [-0.3, -0.25) is 0 Å². The zero-order valence-electron chi connectivity index (χ0n) is 13.7. The van der Waals surface area contributed by atoms with E-state index in [-0.39, 0.29) is 24.0 Å². The lowest BCUT2D eigenvalue weighted by molar-refractivity contribution is -0.501. The summed E-state index contributed by atoms with van der Waals surface area (Å²) in [7, 11) is 4.12. The Morgan fingerprint density at radius 2 is 1.83 bits per heavy atom. The minimum absolute atomic E-state index is 0. The Kier molecular flexibility index (Phi) is 6.18. The van der Waals surface area contributed by atoms with Crippen molar-refractivity contribution in [1.82, 2.24) is 0 Å². The summed E-state index contributed by atoms with van der Waals surface area (Å²) in [6.45, 7) is 2.20. The van der Waals surface area contributed by atoms with Crippen LogP contribution >= 0.6 is 11.5 Å². The van der Waals surface area contributed by atoms with Gasteiger partial charge in [0.05, 0.1) is 4.88 Å². The average molecular weight is 436 g/mol. The van der Waals surface area contributed by atoms with Gasteiger partial charge >= 0.3 is 0 Å². The Hall–Kier alpha value is -1.40. The van der Waals surface area contributed by atoms with Crippen LogP contribution in [-0.2, 0) is 6.42 Å². The highest BCUT2D eigenvalue weighted by Crippen LogP contribution is 2.26. The predicted octanol–water partition coefficient (Wildman–Crippen LogP) is 1.40. The molecule has 2 nitrogen and oxygen atoms in total. The molecule has 0 unspecified atom stereocenters. The molecule has 120 valence electrons. The molecule has 1 aromatic rings. The van der Waals surface area contributed by atoms with Crippen LogP contribution < -0.4 is 32.8 Å². The second kappa shape index (κ2) is 7.93. The molecule has 0 fully saturated rings. The molecule has 0 radical (unpaired) electrons. The highest BCUT2D eigenvalue weighted by Gasteiger charge is 2.14. The van der Waals surface area contributed by atoms with E-state index < -0.39 is 0 Å². The van der Waals surface area contributed by atoms with Gasteiger partial charge in [-0.05, 0) is 23.8 Å². The van der Waals surface area contributed by atoms with E-state index in [0.29, 0.717) is 0 Å². The minimum atomic E-state index is 0. The molecular formula is C19H21IN2S. The predicted molar refractivity (Wildman–Crippen MR) is 96.5 cm³/mol. The fourth-order valence-corrected chi connectivity index (χ4v) is 3.45. The number of aromatic nitrogens is 1. The Morgan fingerprint density at radius 1 is 1.09 bits per heavy atom. The maximum absolute atomic E-state index is 2.28. The molecule has 23 heavy (non-hydrogen) atoms. The third kappa shape index (κ3) is 4.12. The standard InChI is InChI=1S/C19H21N2S.HI/c1-4-17-14-16-6-5-7-19(16)22-21(17)13-12-15-8-10-18(11-9-15)20(2)3;/h5-14H,4H2,1-3H3;1H/q+1;/p-1. The third-order valence-electron chi connectivity index (χ3n) is 3.78. The summed E-state index contributed by atoms with van der Waals surface area (Å²) in [4.78, 5) is 3.44. The maximum atomic E-state index is 2.28. The molecule has 3 rings (SSSR count). The van der Waals surface area contributed by atoms with Crippen LogP contribution in [0, 0.1) is 0 Å². The van der Waals surface area contributed by atoms with Crippen LogP contribution in [0.15, 0.2) is 48.5 Å². The van der Waals surface area contributed by atoms with Crippen LogP contribution in [0.4, 0.5) is 5.69 Å². The van der Waals surface area contributed by atoms with Gasteiger partial charge in [0.1, 0.15) is 11.5 Å². The summed E-state index contributed by atoms with van der Waals surface area (Å²) in [6, 6.07) is 17.4. The number of hydrogen-bond acceptors (Lipinski definition) is 2. The van der Waals surface area contributed by atoms with E-state index in [2.05, 4.69) is 90.7 Å². The number of aryl methyl sites for hydroxylation is 1. The molecule has 0 N–H and O–H groups in total. The lowest BCUT2D eigenvalue weighted by Gasteiger charge is -2.11. The molecule has 1 heterocycles. The van der Waals surface area contributed by atoms with E-state index in [0.717, 1.165) is 6.42 Å². The molecule has 0 saturated carbocycles. The van der Waals surface area contributed by atoms with Crippen molar-refractivity contribution in [1.29, 1.82) is 0 Å². The van der Waals surface area contributed by atoms with Crippen molar-refractivity contribution in [3.05, 3.63) is 59.8 Å². The first-order valence-corrected chi connectivity index (χ1v) is 8.34. The van der Waals surface area contributed by atoms with Gasteiger partial charge in [-0.15, -0.1) is 3.96 Å². The van der Waals surface area contributed by atoms with Gasteiger partial charge < -0.3 is 28.9 Å². The smallest absolute Gasteiger partial charge is 0.201 e. The number of hydrogen-bond donors (Lipinski definition) is 0. The third-order valence-corrected chi connectivity index (χ3v) is 4.91. The van der Waals surface area contributed by atoms with E-state index >= 15 is 0 Å². The highest BCUT2D eigenvalue weighted by molar-refractivity contribution is 7.05. The van der Waals surface area contributed by atoms with Crippen molar-refractivity contribution in [3.8, 4) is 10.4 Å². The molecule has 0 saturated heterocycles. The van der Waals surface area contributed by atoms with Crippen LogP contribution in [0.1, 0.15) is 18.2 Å². The van der Waals surface area contributed by atoms with Gasteiger partial charge in [0, 0.05) is 43.9 Å². The van der Waals surface area contributed by atoms with E-state index in [1.54, 1.807) is 11.5 Å². The molecular weight excluding hydrogens is 415 g/mol. The van der Waals surface area contributed by atoms with E-state index in [1.165, 1.54) is 27.4 Å². The first-order chi connectivity index (χ1) is 10.7. The quantitative estimate of drug-likeness (QED) is 0.443. The summed E-state index contributed by atoms with van der Waals surface area (Å²) < 4.78 is 2.27. The van der Waals surface area contributed by atoms with E-state index in [9.17, 15) is 0 Å². The first kappa shape index (κ1) is 17.9. The molecule has 0 aromatic heterocycles. The van der Waals surface area contributed by atoms with Gasteiger partial charge in [0.25, 0.3) is 0 Å². The maximum Gasteiger partial charge on any atom is 0.201 e. The van der Waals surface area contributed by atoms with Gasteiger partial charge in [-0.2, -0.15) is 0 Å². The number of benzene rings is 1. The SMILES string of the molecule is CCc1cc2cccc-2s[n+]1C=Cc1ccc(N(C)C)cc1.[I-]. The Labute approximate surface area is 159 Å². The Morgan fingerprint density at radius 3 is 2.48 bits per heavy atom. The minimum Gasteiger partial charge on any atom is -1.00 e. The summed E-state index contributed by atoms with van der Waals surface area (Å²) >= 11 is 1.79. The molecule has 1 aromatic carbocycles. The number of halogens is 1. The van der Waals surface area contributed by atoms with E-state index in [4.69, 9.17) is 0 Å². The molecule has 1 aliphatic carbocycles. The molecule has 0 spiro atoms.